The van der Waals surface area contributed by atoms with E-state index in [1.54, 1.807) is 31.5 Å². The fourth-order valence-electron chi connectivity index (χ4n) is 4.55. The van der Waals surface area contributed by atoms with Gasteiger partial charge in [0.1, 0.15) is 23.7 Å². The molecular formula is C32H24BrN3O4. The Morgan fingerprint density at radius 1 is 0.950 bits per heavy atom. The summed E-state index contributed by atoms with van der Waals surface area (Å²) in [5.41, 5.74) is 3.76. The van der Waals surface area contributed by atoms with Crippen LogP contribution in [0.4, 0.5) is 0 Å². The van der Waals surface area contributed by atoms with Crippen molar-refractivity contribution in [1.82, 2.24) is 9.66 Å². The highest BCUT2D eigenvalue weighted by Gasteiger charge is 2.18. The van der Waals surface area contributed by atoms with Crippen molar-refractivity contribution < 1.29 is 13.9 Å². The van der Waals surface area contributed by atoms with Gasteiger partial charge in [0.05, 0.1) is 29.6 Å². The van der Waals surface area contributed by atoms with Crippen molar-refractivity contribution in [2.24, 2.45) is 5.10 Å². The molecule has 0 bridgehead atoms. The number of hydrogen-bond acceptors (Lipinski definition) is 6. The van der Waals surface area contributed by atoms with Crippen LogP contribution in [0.25, 0.3) is 33.5 Å². The molecule has 0 aliphatic rings. The van der Waals surface area contributed by atoms with Crippen LogP contribution < -0.4 is 15.0 Å². The van der Waals surface area contributed by atoms with Crippen LogP contribution in [0.3, 0.4) is 0 Å². The van der Waals surface area contributed by atoms with Crippen molar-refractivity contribution in [3.8, 4) is 23.1 Å². The number of fused-ring (bicyclic) bond motifs is 2. The van der Waals surface area contributed by atoms with Crippen molar-refractivity contribution in [3.05, 3.63) is 123 Å². The fraction of sp³-hybridized carbons (Fsp3) is 0.0938. The first-order valence-electron chi connectivity index (χ1n) is 12.6. The van der Waals surface area contributed by atoms with Crippen LogP contribution in [-0.2, 0) is 6.61 Å². The van der Waals surface area contributed by atoms with Crippen LogP contribution in [0.5, 0.6) is 11.5 Å². The molecule has 8 heteroatoms. The van der Waals surface area contributed by atoms with E-state index in [9.17, 15) is 4.79 Å². The number of halogens is 1. The molecule has 0 saturated carbocycles. The van der Waals surface area contributed by atoms with Gasteiger partial charge < -0.3 is 13.9 Å². The third-order valence-electron chi connectivity index (χ3n) is 6.48. The van der Waals surface area contributed by atoms with Crippen LogP contribution in [0.2, 0.25) is 0 Å². The van der Waals surface area contributed by atoms with E-state index < -0.39 is 0 Å². The molecule has 2 heterocycles. The van der Waals surface area contributed by atoms with Gasteiger partial charge in [0, 0.05) is 10.0 Å². The summed E-state index contributed by atoms with van der Waals surface area (Å²) in [6.07, 6.45) is 1.60. The molecule has 0 aliphatic heterocycles. The first kappa shape index (κ1) is 25.6. The molecule has 7 nitrogen and oxygen atoms in total. The molecule has 0 atom stereocenters. The van der Waals surface area contributed by atoms with E-state index in [-0.39, 0.29) is 11.4 Å². The van der Waals surface area contributed by atoms with Crippen LogP contribution >= 0.6 is 15.9 Å². The number of methoxy groups -OCH3 is 1. The van der Waals surface area contributed by atoms with Gasteiger partial charge >= 0.3 is 0 Å². The van der Waals surface area contributed by atoms with Crippen LogP contribution in [0.15, 0.2) is 110 Å². The van der Waals surface area contributed by atoms with Gasteiger partial charge in [-0.25, -0.2) is 4.98 Å². The minimum atomic E-state index is -0.318. The Hall–Kier alpha value is -4.69. The Labute approximate surface area is 238 Å². The number of rotatable bonds is 7. The highest BCUT2D eigenvalue weighted by Crippen LogP contribution is 2.33. The number of ether oxygens (including phenoxy) is 2. The number of para-hydroxylation sites is 1. The van der Waals surface area contributed by atoms with E-state index in [2.05, 4.69) is 27.1 Å². The molecule has 0 aliphatic carbocycles. The number of aryl methyl sites for hydroxylation is 1. The van der Waals surface area contributed by atoms with Crippen molar-refractivity contribution in [2.75, 3.05) is 7.11 Å². The van der Waals surface area contributed by atoms with Gasteiger partial charge in [-0.15, -0.1) is 0 Å². The van der Waals surface area contributed by atoms with Crippen molar-refractivity contribution in [2.45, 2.75) is 13.5 Å². The zero-order valence-electron chi connectivity index (χ0n) is 21.8. The van der Waals surface area contributed by atoms with E-state index in [4.69, 9.17) is 18.9 Å². The molecule has 0 unspecified atom stereocenters. The summed E-state index contributed by atoms with van der Waals surface area (Å²) in [7, 11) is 1.60. The average Bonchev–Trinajstić information content (AvgIpc) is 3.41. The molecule has 198 valence electrons. The normalized spacial score (nSPS) is 11.5. The minimum absolute atomic E-state index is 0.274. The smallest absolute Gasteiger partial charge is 0.282 e. The Morgan fingerprint density at radius 3 is 2.65 bits per heavy atom. The lowest BCUT2D eigenvalue weighted by Crippen LogP contribution is -2.20. The molecule has 2 aromatic heterocycles. The van der Waals surface area contributed by atoms with Crippen LogP contribution in [0, 0.1) is 6.92 Å². The Kier molecular flexibility index (Phi) is 6.92. The number of furan rings is 1. The first-order chi connectivity index (χ1) is 19.5. The van der Waals surface area contributed by atoms with E-state index in [0.717, 1.165) is 21.0 Å². The highest BCUT2D eigenvalue weighted by atomic mass is 79.9. The third-order valence-corrected chi connectivity index (χ3v) is 6.97. The highest BCUT2D eigenvalue weighted by molar-refractivity contribution is 9.10. The Balaban J connectivity index is 1.45. The molecule has 0 saturated heterocycles. The quantitative estimate of drug-likeness (QED) is 0.181. The summed E-state index contributed by atoms with van der Waals surface area (Å²) in [6, 6.07) is 28.3. The molecule has 6 aromatic rings. The second-order valence-electron chi connectivity index (χ2n) is 9.26. The lowest BCUT2D eigenvalue weighted by molar-refractivity contribution is 0.305. The molecule has 0 N–H and O–H groups in total. The first-order valence-corrected chi connectivity index (χ1v) is 13.4. The van der Waals surface area contributed by atoms with Gasteiger partial charge in [0.2, 0.25) is 5.82 Å². The summed E-state index contributed by atoms with van der Waals surface area (Å²) < 4.78 is 19.9. The van der Waals surface area contributed by atoms with Gasteiger partial charge in [-0.1, -0.05) is 64.0 Å². The predicted octanol–water partition coefficient (Wildman–Crippen LogP) is 7.35. The molecule has 40 heavy (non-hydrogen) atoms. The topological polar surface area (TPSA) is 78.9 Å². The van der Waals surface area contributed by atoms with Gasteiger partial charge in [0.25, 0.3) is 5.56 Å². The summed E-state index contributed by atoms with van der Waals surface area (Å²) >= 11 is 3.53. The minimum Gasteiger partial charge on any atom is -0.496 e. The lowest BCUT2D eigenvalue weighted by atomic mass is 10.1. The van der Waals surface area contributed by atoms with Crippen LogP contribution in [-0.4, -0.2) is 23.0 Å². The largest absolute Gasteiger partial charge is 0.496 e. The number of nitrogens with zero attached hydrogens (tertiary/aromatic N) is 3. The molecule has 0 radical (unpaired) electrons. The maximum atomic E-state index is 13.7. The standard InChI is InChI=1S/C32H24BrN3O4/c1-20-7-5-8-21(15-20)19-39-27-14-13-23(33)16-22(27)18-34-36-31(35-26-10-4-3-9-24(26)32(36)37)30-17-25-28(38-2)11-6-12-29(25)40-30/h3-18H,19H2,1-2H3. The van der Waals surface area contributed by atoms with Gasteiger partial charge in [-0.05, 0) is 61.0 Å². The zero-order chi connectivity index (χ0) is 27.6. The summed E-state index contributed by atoms with van der Waals surface area (Å²) in [6.45, 7) is 2.44. The van der Waals surface area contributed by atoms with E-state index in [1.807, 2.05) is 73.7 Å². The molecule has 0 amide bonds. The third kappa shape index (κ3) is 5.01. The number of aromatic nitrogens is 2. The molecule has 6 rings (SSSR count). The summed E-state index contributed by atoms with van der Waals surface area (Å²) in [5.74, 6) is 1.96. The van der Waals surface area contributed by atoms with Gasteiger partial charge in [-0.3, -0.25) is 4.79 Å². The van der Waals surface area contributed by atoms with E-state index in [1.165, 1.54) is 4.68 Å². The number of benzene rings is 4. The second-order valence-corrected chi connectivity index (χ2v) is 10.2. The van der Waals surface area contributed by atoms with Gasteiger partial charge in [-0.2, -0.15) is 9.78 Å². The van der Waals surface area contributed by atoms with Crippen molar-refractivity contribution >= 4 is 44.0 Å². The molecular weight excluding hydrogens is 570 g/mol. The van der Waals surface area contributed by atoms with Crippen molar-refractivity contribution in [3.63, 3.8) is 0 Å². The van der Waals surface area contributed by atoms with Gasteiger partial charge in [0.15, 0.2) is 5.76 Å². The van der Waals surface area contributed by atoms with Crippen LogP contribution in [0.1, 0.15) is 16.7 Å². The maximum absolute atomic E-state index is 13.7. The summed E-state index contributed by atoms with van der Waals surface area (Å²) in [5, 5.41) is 5.83. The molecule has 0 spiro atoms. The zero-order valence-corrected chi connectivity index (χ0v) is 23.4. The second kappa shape index (κ2) is 10.8. The molecule has 0 fully saturated rings. The van der Waals surface area contributed by atoms with Crippen molar-refractivity contribution in [1.29, 1.82) is 0 Å². The number of hydrogen-bond donors (Lipinski definition) is 0. The van der Waals surface area contributed by atoms with E-state index >= 15 is 0 Å². The average molecular weight is 594 g/mol. The fourth-order valence-corrected chi connectivity index (χ4v) is 4.93. The van der Waals surface area contributed by atoms with E-state index in [0.29, 0.717) is 45.9 Å². The summed E-state index contributed by atoms with van der Waals surface area (Å²) in [4.78, 5) is 18.4. The predicted molar refractivity (Wildman–Crippen MR) is 160 cm³/mol. The monoisotopic (exact) mass is 593 g/mol. The lowest BCUT2D eigenvalue weighted by Gasteiger charge is -2.11. The molecule has 4 aromatic carbocycles. The maximum Gasteiger partial charge on any atom is 0.282 e. The SMILES string of the molecule is COc1cccc2oc(-c3nc4ccccc4c(=O)n3N=Cc3cc(Br)ccc3OCc3cccc(C)c3)cc12. The Bertz CT molecular complexity index is 1960. The Morgan fingerprint density at radius 2 is 1.80 bits per heavy atom.